The van der Waals surface area contributed by atoms with Gasteiger partial charge in [-0.05, 0) is 59.1 Å². The molecule has 0 N–H and O–H groups in total. The summed E-state index contributed by atoms with van der Waals surface area (Å²) >= 11 is 0. The molecule has 0 atom stereocenters. The van der Waals surface area contributed by atoms with Crippen molar-refractivity contribution in [3.63, 3.8) is 0 Å². The van der Waals surface area contributed by atoms with Gasteiger partial charge in [-0.15, -0.1) is 0 Å². The molecule has 0 aromatic heterocycles. The minimum atomic E-state index is 0. The molecule has 0 saturated carbocycles. The summed E-state index contributed by atoms with van der Waals surface area (Å²) in [7, 11) is 0. The van der Waals surface area contributed by atoms with Crippen LogP contribution in [0.15, 0.2) is 42.5 Å². The van der Waals surface area contributed by atoms with Crippen molar-refractivity contribution in [2.24, 2.45) is 0 Å². The van der Waals surface area contributed by atoms with Gasteiger partial charge >= 0.3 is 18.9 Å². The van der Waals surface area contributed by atoms with Gasteiger partial charge in [0, 0.05) is 0 Å². The summed E-state index contributed by atoms with van der Waals surface area (Å²) in [5, 5.41) is 0. The molecule has 4 rings (SSSR count). The fraction of sp³-hybridized carbons (Fsp3) is 0.222. The Bertz CT molecular complexity index is 643. The molecule has 0 heterocycles. The summed E-state index contributed by atoms with van der Waals surface area (Å²) in [6.07, 6.45) is 9.57. The molecule has 0 spiro atoms. The van der Waals surface area contributed by atoms with Crippen molar-refractivity contribution in [1.82, 2.24) is 0 Å². The molecule has 90 valence electrons. The van der Waals surface area contributed by atoms with Gasteiger partial charge in [-0.2, -0.15) is 0 Å². The molecule has 2 aromatic carbocycles. The molecule has 0 nitrogen and oxygen atoms in total. The van der Waals surface area contributed by atoms with Crippen molar-refractivity contribution in [3.05, 3.63) is 64.7 Å². The third-order valence-electron chi connectivity index (χ3n) is 4.21. The second-order valence-corrected chi connectivity index (χ2v) is 5.29. The van der Waals surface area contributed by atoms with Gasteiger partial charge in [0.1, 0.15) is 0 Å². The van der Waals surface area contributed by atoms with Crippen molar-refractivity contribution in [2.75, 3.05) is 0 Å². The molecule has 2 aliphatic rings. The standard InChI is InChI=1S/C18H16.Li.H/c1-2-6-13(7-3-1)18-16-10-4-8-14(16)12-15-9-5-11-17(15)18;;/h1-4,6-7,10,12H,5,8-9,11H2;;/q;+1;-1. The maximum absolute atomic E-state index is 2.45. The van der Waals surface area contributed by atoms with Gasteiger partial charge in [0.05, 0.1) is 0 Å². The third kappa shape index (κ3) is 2.00. The maximum atomic E-state index is 2.45. The van der Waals surface area contributed by atoms with Crippen molar-refractivity contribution in [1.29, 1.82) is 0 Å². The Morgan fingerprint density at radius 1 is 0.947 bits per heavy atom. The van der Waals surface area contributed by atoms with E-state index >= 15 is 0 Å². The van der Waals surface area contributed by atoms with Crippen molar-refractivity contribution in [2.45, 2.75) is 25.7 Å². The summed E-state index contributed by atoms with van der Waals surface area (Å²) in [5.74, 6) is 0. The summed E-state index contributed by atoms with van der Waals surface area (Å²) < 4.78 is 0. The zero-order valence-electron chi connectivity index (χ0n) is 12.4. The Labute approximate surface area is 128 Å². The second-order valence-electron chi connectivity index (χ2n) is 5.29. The predicted octanol–water partition coefficient (Wildman–Crippen LogP) is 1.53. The number of allylic oxidation sites excluding steroid dienone is 1. The molecule has 0 radical (unpaired) electrons. The van der Waals surface area contributed by atoms with Gasteiger partial charge in [0.25, 0.3) is 0 Å². The molecule has 0 unspecified atom stereocenters. The van der Waals surface area contributed by atoms with Crippen LogP contribution in [-0.2, 0) is 19.3 Å². The molecule has 2 aromatic rings. The van der Waals surface area contributed by atoms with Gasteiger partial charge < -0.3 is 1.43 Å². The first-order valence-electron chi connectivity index (χ1n) is 6.83. The first-order valence-corrected chi connectivity index (χ1v) is 6.83. The van der Waals surface area contributed by atoms with E-state index in [9.17, 15) is 0 Å². The van der Waals surface area contributed by atoms with Crippen LogP contribution in [0.1, 0.15) is 30.1 Å². The van der Waals surface area contributed by atoms with E-state index in [0.717, 1.165) is 6.42 Å². The Kier molecular flexibility index (Phi) is 3.40. The van der Waals surface area contributed by atoms with E-state index in [2.05, 4.69) is 48.6 Å². The van der Waals surface area contributed by atoms with Crippen LogP contribution in [-0.4, -0.2) is 0 Å². The van der Waals surface area contributed by atoms with E-state index in [1.165, 1.54) is 41.5 Å². The Morgan fingerprint density at radius 3 is 2.63 bits per heavy atom. The Hall–Kier alpha value is -1.22. The van der Waals surface area contributed by atoms with E-state index in [-0.39, 0.29) is 20.3 Å². The molecular formula is C18H17Li. The van der Waals surface area contributed by atoms with E-state index in [1.807, 2.05) is 0 Å². The zero-order chi connectivity index (χ0) is 11.9. The second kappa shape index (κ2) is 5.04. The van der Waals surface area contributed by atoms with Crippen LogP contribution in [0.2, 0.25) is 0 Å². The average molecular weight is 240 g/mol. The van der Waals surface area contributed by atoms with Crippen LogP contribution in [0, 0.1) is 0 Å². The summed E-state index contributed by atoms with van der Waals surface area (Å²) in [6.45, 7) is 0. The zero-order valence-corrected chi connectivity index (χ0v) is 11.4. The molecule has 0 saturated heterocycles. The van der Waals surface area contributed by atoms with Crippen LogP contribution in [0.4, 0.5) is 0 Å². The van der Waals surface area contributed by atoms with E-state index in [1.54, 1.807) is 11.1 Å². The molecule has 0 bridgehead atoms. The van der Waals surface area contributed by atoms with Crippen LogP contribution in [0.25, 0.3) is 17.2 Å². The number of rotatable bonds is 1. The minimum Gasteiger partial charge on any atom is -1.00 e. The Morgan fingerprint density at radius 2 is 1.79 bits per heavy atom. The average Bonchev–Trinajstić information content (AvgIpc) is 3.04. The smallest absolute Gasteiger partial charge is 1.00 e. The largest absolute Gasteiger partial charge is 1.00 e. The maximum Gasteiger partial charge on any atom is 1.00 e. The predicted molar refractivity (Wildman–Crippen MR) is 77.8 cm³/mol. The third-order valence-corrected chi connectivity index (χ3v) is 4.21. The SMILES string of the molecule is C1=Cc2c(cc3c(c2-c2ccccc2)CCC3)C1.[H-].[Li+]. The first-order chi connectivity index (χ1) is 8.93. The molecular weight excluding hydrogens is 223 g/mol. The van der Waals surface area contributed by atoms with Crippen molar-refractivity contribution >= 4 is 6.08 Å². The number of benzene rings is 2. The number of hydrogen-bond acceptors (Lipinski definition) is 0. The molecule has 0 amide bonds. The molecule has 1 heteroatoms. The monoisotopic (exact) mass is 240 g/mol. The quantitative estimate of drug-likeness (QED) is 0.663. The van der Waals surface area contributed by atoms with Crippen LogP contribution >= 0.6 is 0 Å². The van der Waals surface area contributed by atoms with E-state index < -0.39 is 0 Å². The van der Waals surface area contributed by atoms with Crippen LogP contribution in [0.3, 0.4) is 0 Å². The fourth-order valence-electron chi connectivity index (χ4n) is 3.42. The topological polar surface area (TPSA) is 0 Å². The summed E-state index contributed by atoms with van der Waals surface area (Å²) in [5.41, 5.74) is 9.09. The number of fused-ring (bicyclic) bond motifs is 2. The van der Waals surface area contributed by atoms with E-state index in [4.69, 9.17) is 0 Å². The van der Waals surface area contributed by atoms with Gasteiger partial charge in [0.15, 0.2) is 0 Å². The van der Waals surface area contributed by atoms with Gasteiger partial charge in [-0.1, -0.05) is 48.6 Å². The number of hydrogen-bond donors (Lipinski definition) is 0. The normalized spacial score (nSPS) is 14.9. The van der Waals surface area contributed by atoms with Gasteiger partial charge in [0.2, 0.25) is 0 Å². The first kappa shape index (κ1) is 12.8. The molecule has 0 fully saturated rings. The van der Waals surface area contributed by atoms with Crippen molar-refractivity contribution in [3.8, 4) is 11.1 Å². The summed E-state index contributed by atoms with van der Waals surface area (Å²) in [6, 6.07) is 13.3. The van der Waals surface area contributed by atoms with E-state index in [0.29, 0.717) is 0 Å². The molecule has 2 aliphatic carbocycles. The van der Waals surface area contributed by atoms with Crippen LogP contribution in [0.5, 0.6) is 0 Å². The van der Waals surface area contributed by atoms with Gasteiger partial charge in [-0.3, -0.25) is 0 Å². The fourth-order valence-corrected chi connectivity index (χ4v) is 3.42. The van der Waals surface area contributed by atoms with Crippen LogP contribution < -0.4 is 18.9 Å². The molecule has 19 heavy (non-hydrogen) atoms. The minimum absolute atomic E-state index is 0. The number of aryl methyl sites for hydroxylation is 1. The Balaban J connectivity index is 0.000000735. The summed E-state index contributed by atoms with van der Waals surface area (Å²) in [4.78, 5) is 0. The van der Waals surface area contributed by atoms with Crippen molar-refractivity contribution < 1.29 is 20.3 Å². The molecule has 0 aliphatic heterocycles. The van der Waals surface area contributed by atoms with Gasteiger partial charge in [-0.25, -0.2) is 0 Å².